The Morgan fingerprint density at radius 3 is 2.50 bits per heavy atom. The molecule has 0 aromatic heterocycles. The lowest BCUT2D eigenvalue weighted by atomic mass is 10.1. The third-order valence-electron chi connectivity index (χ3n) is 4.07. The molecule has 0 saturated carbocycles. The van der Waals surface area contributed by atoms with Crippen LogP contribution in [-0.2, 0) is 11.2 Å². The molecule has 3 nitrogen and oxygen atoms in total. The molecule has 1 amide bonds. The predicted molar refractivity (Wildman–Crippen MR) is 91.4 cm³/mol. The van der Waals surface area contributed by atoms with Gasteiger partial charge in [0.15, 0.2) is 0 Å². The van der Waals surface area contributed by atoms with Crippen LogP contribution in [0.5, 0.6) is 0 Å². The monoisotopic (exact) mass is 294 g/mol. The van der Waals surface area contributed by atoms with Crippen LogP contribution in [-0.4, -0.2) is 19.0 Å². The van der Waals surface area contributed by atoms with E-state index in [1.807, 2.05) is 37.3 Å². The first kappa shape index (κ1) is 14.6. The van der Waals surface area contributed by atoms with Crippen LogP contribution in [0.1, 0.15) is 24.0 Å². The summed E-state index contributed by atoms with van der Waals surface area (Å²) in [5.74, 6) is 0.0273. The first-order valence-corrected chi connectivity index (χ1v) is 7.91. The van der Waals surface area contributed by atoms with Gasteiger partial charge in [0, 0.05) is 24.5 Å². The van der Waals surface area contributed by atoms with Crippen molar-refractivity contribution in [3.05, 3.63) is 59.7 Å². The number of aryl methyl sites for hydroxylation is 1. The number of carbonyl (C=O) groups excluding carboxylic acids is 1. The third-order valence-corrected chi connectivity index (χ3v) is 4.07. The van der Waals surface area contributed by atoms with Crippen molar-refractivity contribution in [3.63, 3.8) is 0 Å². The summed E-state index contributed by atoms with van der Waals surface area (Å²) >= 11 is 0. The summed E-state index contributed by atoms with van der Waals surface area (Å²) in [7, 11) is 0. The van der Waals surface area contributed by atoms with Crippen LogP contribution in [0.2, 0.25) is 0 Å². The SMILES string of the molecule is Cc1cccc(CC(=O)Nc2ccc(N3CCCC3)cc2)c1. The van der Waals surface area contributed by atoms with Crippen molar-refractivity contribution in [1.82, 2.24) is 0 Å². The standard InChI is InChI=1S/C19H22N2O/c1-15-5-4-6-16(13-15)14-19(22)20-17-7-9-18(10-8-17)21-11-2-3-12-21/h4-10,13H,2-3,11-12,14H2,1H3,(H,20,22). The van der Waals surface area contributed by atoms with Gasteiger partial charge >= 0.3 is 0 Å². The minimum absolute atomic E-state index is 0.0273. The molecule has 0 unspecified atom stereocenters. The molecule has 0 bridgehead atoms. The fraction of sp³-hybridized carbons (Fsp3) is 0.316. The van der Waals surface area contributed by atoms with Gasteiger partial charge in [0.25, 0.3) is 0 Å². The number of nitrogens with one attached hydrogen (secondary N) is 1. The molecule has 1 N–H and O–H groups in total. The minimum atomic E-state index is 0.0273. The van der Waals surface area contributed by atoms with Crippen LogP contribution in [0, 0.1) is 6.92 Å². The average molecular weight is 294 g/mol. The zero-order valence-electron chi connectivity index (χ0n) is 13.0. The molecule has 22 heavy (non-hydrogen) atoms. The van der Waals surface area contributed by atoms with Gasteiger partial charge in [-0.3, -0.25) is 4.79 Å². The fourth-order valence-corrected chi connectivity index (χ4v) is 2.94. The van der Waals surface area contributed by atoms with Gasteiger partial charge in [-0.2, -0.15) is 0 Å². The molecule has 114 valence electrons. The van der Waals surface area contributed by atoms with Crippen molar-refractivity contribution in [2.75, 3.05) is 23.3 Å². The van der Waals surface area contributed by atoms with Crippen molar-refractivity contribution < 1.29 is 4.79 Å². The molecule has 0 spiro atoms. The Kier molecular flexibility index (Phi) is 4.42. The van der Waals surface area contributed by atoms with Crippen LogP contribution < -0.4 is 10.2 Å². The van der Waals surface area contributed by atoms with E-state index in [9.17, 15) is 4.79 Å². The number of amides is 1. The van der Waals surface area contributed by atoms with E-state index >= 15 is 0 Å². The van der Waals surface area contributed by atoms with Gasteiger partial charge in [0.05, 0.1) is 6.42 Å². The predicted octanol–water partition coefficient (Wildman–Crippen LogP) is 3.78. The normalized spacial score (nSPS) is 14.1. The summed E-state index contributed by atoms with van der Waals surface area (Å²) in [5, 5.41) is 2.97. The van der Waals surface area contributed by atoms with E-state index in [1.54, 1.807) is 0 Å². The second-order valence-corrected chi connectivity index (χ2v) is 5.96. The molecule has 1 fully saturated rings. The molecule has 1 aliphatic heterocycles. The summed E-state index contributed by atoms with van der Waals surface area (Å²) in [6, 6.07) is 16.2. The Labute approximate surface area is 132 Å². The smallest absolute Gasteiger partial charge is 0.228 e. The maximum atomic E-state index is 12.1. The molecule has 1 saturated heterocycles. The molecule has 3 heteroatoms. The largest absolute Gasteiger partial charge is 0.372 e. The number of hydrogen-bond acceptors (Lipinski definition) is 2. The lowest BCUT2D eigenvalue weighted by molar-refractivity contribution is -0.115. The number of hydrogen-bond donors (Lipinski definition) is 1. The highest BCUT2D eigenvalue weighted by Crippen LogP contribution is 2.22. The van der Waals surface area contributed by atoms with Crippen molar-refractivity contribution in [2.45, 2.75) is 26.2 Å². The fourth-order valence-electron chi connectivity index (χ4n) is 2.94. The lowest BCUT2D eigenvalue weighted by Gasteiger charge is -2.17. The number of nitrogens with zero attached hydrogens (tertiary/aromatic N) is 1. The Morgan fingerprint density at radius 1 is 1.09 bits per heavy atom. The number of rotatable bonds is 4. The average Bonchev–Trinajstić information content (AvgIpc) is 3.02. The van der Waals surface area contributed by atoms with E-state index in [0.717, 1.165) is 24.3 Å². The number of anilines is 2. The van der Waals surface area contributed by atoms with Gasteiger partial charge < -0.3 is 10.2 Å². The van der Waals surface area contributed by atoms with E-state index in [-0.39, 0.29) is 5.91 Å². The number of carbonyl (C=O) groups is 1. The lowest BCUT2D eigenvalue weighted by Crippen LogP contribution is -2.18. The van der Waals surface area contributed by atoms with Crippen LogP contribution in [0.15, 0.2) is 48.5 Å². The van der Waals surface area contributed by atoms with Crippen molar-refractivity contribution in [1.29, 1.82) is 0 Å². The summed E-state index contributed by atoms with van der Waals surface area (Å²) in [4.78, 5) is 14.5. The highest BCUT2D eigenvalue weighted by atomic mass is 16.1. The summed E-state index contributed by atoms with van der Waals surface area (Å²) < 4.78 is 0. The highest BCUT2D eigenvalue weighted by Gasteiger charge is 2.12. The van der Waals surface area contributed by atoms with E-state index in [0.29, 0.717) is 6.42 Å². The quantitative estimate of drug-likeness (QED) is 0.931. The van der Waals surface area contributed by atoms with Gasteiger partial charge in [-0.25, -0.2) is 0 Å². The molecule has 1 aliphatic rings. The molecular formula is C19H22N2O. The number of benzene rings is 2. The van der Waals surface area contributed by atoms with E-state index < -0.39 is 0 Å². The van der Waals surface area contributed by atoms with Gasteiger partial charge in [0.2, 0.25) is 5.91 Å². The zero-order valence-corrected chi connectivity index (χ0v) is 13.0. The third kappa shape index (κ3) is 3.67. The molecule has 2 aromatic carbocycles. The Morgan fingerprint density at radius 2 is 1.82 bits per heavy atom. The van der Waals surface area contributed by atoms with Gasteiger partial charge in [-0.05, 0) is 49.6 Å². The molecule has 0 atom stereocenters. The minimum Gasteiger partial charge on any atom is -0.372 e. The van der Waals surface area contributed by atoms with Gasteiger partial charge in [-0.15, -0.1) is 0 Å². The Hall–Kier alpha value is -2.29. The molecule has 0 aliphatic carbocycles. The zero-order chi connectivity index (χ0) is 15.4. The van der Waals surface area contributed by atoms with E-state index in [1.165, 1.54) is 24.1 Å². The van der Waals surface area contributed by atoms with Crippen molar-refractivity contribution >= 4 is 17.3 Å². The Balaban J connectivity index is 1.59. The summed E-state index contributed by atoms with van der Waals surface area (Å²) in [6.45, 7) is 4.32. The van der Waals surface area contributed by atoms with Crippen LogP contribution >= 0.6 is 0 Å². The first-order valence-electron chi connectivity index (χ1n) is 7.91. The molecule has 0 radical (unpaired) electrons. The molecule has 2 aromatic rings. The maximum absolute atomic E-state index is 12.1. The maximum Gasteiger partial charge on any atom is 0.228 e. The molecular weight excluding hydrogens is 272 g/mol. The molecule has 1 heterocycles. The first-order chi connectivity index (χ1) is 10.7. The van der Waals surface area contributed by atoms with Crippen molar-refractivity contribution in [2.24, 2.45) is 0 Å². The van der Waals surface area contributed by atoms with Crippen LogP contribution in [0.25, 0.3) is 0 Å². The van der Waals surface area contributed by atoms with Gasteiger partial charge in [0.1, 0.15) is 0 Å². The second kappa shape index (κ2) is 6.65. The molecule has 3 rings (SSSR count). The van der Waals surface area contributed by atoms with Crippen LogP contribution in [0.4, 0.5) is 11.4 Å². The summed E-state index contributed by atoms with van der Waals surface area (Å²) in [5.41, 5.74) is 4.33. The van der Waals surface area contributed by atoms with Gasteiger partial charge in [-0.1, -0.05) is 29.8 Å². The topological polar surface area (TPSA) is 32.3 Å². The highest BCUT2D eigenvalue weighted by molar-refractivity contribution is 5.92. The van der Waals surface area contributed by atoms with E-state index in [4.69, 9.17) is 0 Å². The second-order valence-electron chi connectivity index (χ2n) is 5.96. The summed E-state index contributed by atoms with van der Waals surface area (Å²) in [6.07, 6.45) is 2.96. The van der Waals surface area contributed by atoms with E-state index in [2.05, 4.69) is 28.4 Å². The van der Waals surface area contributed by atoms with Crippen molar-refractivity contribution in [3.8, 4) is 0 Å². The van der Waals surface area contributed by atoms with Crippen LogP contribution in [0.3, 0.4) is 0 Å². The Bertz CT molecular complexity index is 643.